The van der Waals surface area contributed by atoms with Crippen molar-refractivity contribution < 1.29 is 0 Å². The molecule has 2 nitrogen and oxygen atoms in total. The molecule has 1 aliphatic rings. The largest absolute Gasteiger partial charge is 0.306 e. The van der Waals surface area contributed by atoms with Crippen molar-refractivity contribution in [2.75, 3.05) is 46.0 Å². The summed E-state index contributed by atoms with van der Waals surface area (Å²) >= 11 is 4.58. The molecule has 0 N–H and O–H groups in total. The minimum atomic E-state index is 0.420. The van der Waals surface area contributed by atoms with E-state index >= 15 is 0 Å². The Morgan fingerprint density at radius 1 is 1.22 bits per heavy atom. The van der Waals surface area contributed by atoms with Crippen molar-refractivity contribution in [1.82, 2.24) is 9.80 Å². The summed E-state index contributed by atoms with van der Waals surface area (Å²) in [5, 5.41) is 0. The van der Waals surface area contributed by atoms with E-state index in [2.05, 4.69) is 50.4 Å². The molecule has 1 fully saturated rings. The van der Waals surface area contributed by atoms with Gasteiger partial charge in [-0.2, -0.15) is 12.6 Å². The third kappa shape index (κ3) is 4.75. The second-order valence-electron chi connectivity index (χ2n) is 6.31. The highest BCUT2D eigenvalue weighted by Crippen LogP contribution is 2.29. The van der Waals surface area contributed by atoms with Crippen LogP contribution in [0.5, 0.6) is 0 Å². The van der Waals surface area contributed by atoms with Gasteiger partial charge in [-0.05, 0) is 70.0 Å². The van der Waals surface area contributed by atoms with Crippen LogP contribution in [0.25, 0.3) is 0 Å². The van der Waals surface area contributed by atoms with Crippen LogP contribution < -0.4 is 0 Å². The SMILES string of the molecule is CCC(CC)(CS)CN(C)CC1CCN(C)CC1. The summed E-state index contributed by atoms with van der Waals surface area (Å²) in [6.45, 7) is 9.64. The van der Waals surface area contributed by atoms with Crippen molar-refractivity contribution in [2.45, 2.75) is 39.5 Å². The number of thiol groups is 1. The van der Waals surface area contributed by atoms with Crippen LogP contribution in [0.2, 0.25) is 0 Å². The highest BCUT2D eigenvalue weighted by atomic mass is 32.1. The second-order valence-corrected chi connectivity index (χ2v) is 6.62. The fraction of sp³-hybridized carbons (Fsp3) is 1.00. The monoisotopic (exact) mass is 272 g/mol. The first-order valence-corrected chi connectivity index (χ1v) is 8.16. The first-order valence-electron chi connectivity index (χ1n) is 7.53. The average Bonchev–Trinajstić information content (AvgIpc) is 2.39. The van der Waals surface area contributed by atoms with E-state index in [-0.39, 0.29) is 0 Å². The summed E-state index contributed by atoms with van der Waals surface area (Å²) in [6.07, 6.45) is 5.22. The van der Waals surface area contributed by atoms with Gasteiger partial charge in [0.25, 0.3) is 0 Å². The van der Waals surface area contributed by atoms with Gasteiger partial charge in [0, 0.05) is 13.1 Å². The van der Waals surface area contributed by atoms with E-state index in [0.717, 1.165) is 11.7 Å². The van der Waals surface area contributed by atoms with E-state index in [1.165, 1.54) is 51.9 Å². The normalized spacial score (nSPS) is 19.7. The van der Waals surface area contributed by atoms with Crippen molar-refractivity contribution in [3.05, 3.63) is 0 Å². The molecule has 0 aromatic rings. The van der Waals surface area contributed by atoms with Gasteiger partial charge in [0.1, 0.15) is 0 Å². The van der Waals surface area contributed by atoms with E-state index in [0.29, 0.717) is 5.41 Å². The topological polar surface area (TPSA) is 6.48 Å². The van der Waals surface area contributed by atoms with E-state index in [1.807, 2.05) is 0 Å². The predicted molar refractivity (Wildman–Crippen MR) is 84.6 cm³/mol. The molecule has 3 heteroatoms. The van der Waals surface area contributed by atoms with Gasteiger partial charge >= 0.3 is 0 Å². The van der Waals surface area contributed by atoms with Gasteiger partial charge in [-0.3, -0.25) is 0 Å². The lowest BCUT2D eigenvalue weighted by molar-refractivity contribution is 0.135. The lowest BCUT2D eigenvalue weighted by Crippen LogP contribution is -2.41. The average molecular weight is 273 g/mol. The zero-order chi connectivity index (χ0) is 13.6. The molecule has 0 amide bonds. The number of nitrogens with zero attached hydrogens (tertiary/aromatic N) is 2. The van der Waals surface area contributed by atoms with Crippen molar-refractivity contribution in [1.29, 1.82) is 0 Å². The zero-order valence-corrected chi connectivity index (χ0v) is 13.7. The predicted octanol–water partition coefficient (Wildman–Crippen LogP) is 3.00. The highest BCUT2D eigenvalue weighted by Gasteiger charge is 2.27. The summed E-state index contributed by atoms with van der Waals surface area (Å²) < 4.78 is 0. The van der Waals surface area contributed by atoms with Crippen LogP contribution in [-0.4, -0.2) is 55.8 Å². The Morgan fingerprint density at radius 3 is 2.22 bits per heavy atom. The standard InChI is InChI=1S/C15H32N2S/c1-5-15(6-2,13-18)12-17(4)11-14-7-9-16(3)10-8-14/h14,18H,5-13H2,1-4H3. The summed E-state index contributed by atoms with van der Waals surface area (Å²) in [4.78, 5) is 5.01. The summed E-state index contributed by atoms with van der Waals surface area (Å²) in [7, 11) is 4.53. The first kappa shape index (κ1) is 16.3. The van der Waals surface area contributed by atoms with E-state index in [4.69, 9.17) is 0 Å². The van der Waals surface area contributed by atoms with Crippen LogP contribution in [-0.2, 0) is 0 Å². The molecule has 18 heavy (non-hydrogen) atoms. The van der Waals surface area contributed by atoms with Crippen LogP contribution >= 0.6 is 12.6 Å². The molecule has 0 bridgehead atoms. The Balaban J connectivity index is 2.38. The lowest BCUT2D eigenvalue weighted by Gasteiger charge is -2.37. The molecule has 108 valence electrons. The molecule has 1 heterocycles. The van der Waals surface area contributed by atoms with Crippen LogP contribution in [0.4, 0.5) is 0 Å². The van der Waals surface area contributed by atoms with Gasteiger partial charge in [0.05, 0.1) is 0 Å². The molecule has 1 rings (SSSR count). The summed E-state index contributed by atoms with van der Waals surface area (Å²) in [5.74, 6) is 1.91. The van der Waals surface area contributed by atoms with Gasteiger partial charge in [-0.15, -0.1) is 0 Å². The van der Waals surface area contributed by atoms with Gasteiger partial charge in [-0.1, -0.05) is 13.8 Å². The zero-order valence-electron chi connectivity index (χ0n) is 12.8. The van der Waals surface area contributed by atoms with E-state index in [9.17, 15) is 0 Å². The van der Waals surface area contributed by atoms with Crippen LogP contribution in [0, 0.1) is 11.3 Å². The minimum Gasteiger partial charge on any atom is -0.306 e. The minimum absolute atomic E-state index is 0.420. The van der Waals surface area contributed by atoms with Gasteiger partial charge in [-0.25, -0.2) is 0 Å². The molecule has 0 spiro atoms. The van der Waals surface area contributed by atoms with Crippen molar-refractivity contribution >= 4 is 12.6 Å². The quantitative estimate of drug-likeness (QED) is 0.712. The molecule has 0 aliphatic carbocycles. The molecular formula is C15H32N2S. The van der Waals surface area contributed by atoms with E-state index < -0.39 is 0 Å². The third-order valence-corrected chi connectivity index (χ3v) is 5.52. The molecule has 1 saturated heterocycles. The Kier molecular flexibility index (Phi) is 7.04. The molecule has 1 aliphatic heterocycles. The number of hydrogen-bond donors (Lipinski definition) is 1. The van der Waals surface area contributed by atoms with Crippen LogP contribution in [0.15, 0.2) is 0 Å². The Bertz CT molecular complexity index is 212. The van der Waals surface area contributed by atoms with Crippen LogP contribution in [0.1, 0.15) is 39.5 Å². The molecule has 0 aromatic carbocycles. The first-order chi connectivity index (χ1) is 8.55. The fourth-order valence-electron chi connectivity index (χ4n) is 3.07. The maximum atomic E-state index is 4.58. The van der Waals surface area contributed by atoms with Gasteiger partial charge in [0.2, 0.25) is 0 Å². The van der Waals surface area contributed by atoms with Gasteiger partial charge in [0.15, 0.2) is 0 Å². The van der Waals surface area contributed by atoms with Crippen LogP contribution in [0.3, 0.4) is 0 Å². The highest BCUT2D eigenvalue weighted by molar-refractivity contribution is 7.80. The van der Waals surface area contributed by atoms with Crippen molar-refractivity contribution in [2.24, 2.45) is 11.3 Å². The molecular weight excluding hydrogens is 240 g/mol. The van der Waals surface area contributed by atoms with E-state index in [1.54, 1.807) is 0 Å². The Labute approximate surface area is 120 Å². The van der Waals surface area contributed by atoms with Gasteiger partial charge < -0.3 is 9.80 Å². The number of hydrogen-bond acceptors (Lipinski definition) is 3. The number of rotatable bonds is 7. The number of likely N-dealkylation sites (tertiary alicyclic amines) is 1. The molecule has 0 aromatic heterocycles. The number of piperidine rings is 1. The Hall–Kier alpha value is 0.270. The molecule has 0 unspecified atom stereocenters. The summed E-state index contributed by atoms with van der Waals surface area (Å²) in [5.41, 5.74) is 0.420. The maximum Gasteiger partial charge on any atom is 0.00427 e. The van der Waals surface area contributed by atoms with Crippen molar-refractivity contribution in [3.63, 3.8) is 0 Å². The van der Waals surface area contributed by atoms with Crippen molar-refractivity contribution in [3.8, 4) is 0 Å². The second kappa shape index (κ2) is 7.76. The summed E-state index contributed by atoms with van der Waals surface area (Å²) in [6, 6.07) is 0. The maximum absolute atomic E-state index is 4.58. The molecule has 0 saturated carbocycles. The lowest BCUT2D eigenvalue weighted by atomic mass is 9.83. The molecule has 0 atom stereocenters. The molecule has 0 radical (unpaired) electrons. The third-order valence-electron chi connectivity index (χ3n) is 4.85. The fourth-order valence-corrected chi connectivity index (χ4v) is 3.62. The smallest absolute Gasteiger partial charge is 0.00427 e. The Morgan fingerprint density at radius 2 is 1.78 bits per heavy atom.